The van der Waals surface area contributed by atoms with Crippen molar-refractivity contribution in [2.75, 3.05) is 0 Å². The fourth-order valence-electron chi connectivity index (χ4n) is 2.99. The van der Waals surface area contributed by atoms with Crippen LogP contribution in [0, 0.1) is 6.92 Å². The molecule has 0 N–H and O–H groups in total. The van der Waals surface area contributed by atoms with Gasteiger partial charge in [0.05, 0.1) is 5.97 Å². The highest BCUT2D eigenvalue weighted by atomic mass is 19.1. The molecule has 3 nitrogen and oxygen atoms in total. The monoisotopic (exact) mass is 340 g/mol. The molecule has 25 heavy (non-hydrogen) atoms. The number of fused-ring (bicyclic) bond motifs is 1. The summed E-state index contributed by atoms with van der Waals surface area (Å²) in [6.45, 7) is 9.64. The average molecular weight is 340 g/mol. The molecule has 0 aliphatic heterocycles. The van der Waals surface area contributed by atoms with Crippen molar-refractivity contribution in [1.82, 2.24) is 4.57 Å². The molecule has 4 heteroatoms. The molecule has 0 spiro atoms. The van der Waals surface area contributed by atoms with Crippen molar-refractivity contribution in [2.45, 2.75) is 40.7 Å². The van der Waals surface area contributed by atoms with Gasteiger partial charge >= 0.3 is 0 Å². The van der Waals surface area contributed by atoms with Gasteiger partial charge in [-0.1, -0.05) is 12.1 Å². The van der Waals surface area contributed by atoms with Gasteiger partial charge in [0, 0.05) is 22.6 Å². The standard InChI is InChI=1S/C21H24FNO2/c1-13(2)23-15(4)11-18-12-17(7-9-20(18)23)16(5)19(22)8-6-14(3)10-21(24)25/h6-13H,1-5H3,(H,24,25)/p-1/b8-6+,14-10+,19-16+. The first-order valence-electron chi connectivity index (χ1n) is 8.26. The topological polar surface area (TPSA) is 45.1 Å². The van der Waals surface area contributed by atoms with Crippen LogP contribution >= 0.6 is 0 Å². The molecule has 1 heterocycles. The fraction of sp³-hybridized carbons (Fsp3) is 0.286. The first kappa shape index (κ1) is 18.7. The van der Waals surface area contributed by atoms with Gasteiger partial charge in [0.1, 0.15) is 5.83 Å². The summed E-state index contributed by atoms with van der Waals surface area (Å²) < 4.78 is 16.6. The average Bonchev–Trinajstić information content (AvgIpc) is 2.86. The summed E-state index contributed by atoms with van der Waals surface area (Å²) in [6.07, 6.45) is 3.63. The molecule has 0 fully saturated rings. The number of aliphatic carboxylic acids is 1. The Bertz CT molecular complexity index is 898. The first-order chi connectivity index (χ1) is 11.7. The van der Waals surface area contributed by atoms with Gasteiger partial charge in [-0.25, -0.2) is 4.39 Å². The van der Waals surface area contributed by atoms with E-state index in [-0.39, 0.29) is 0 Å². The summed E-state index contributed by atoms with van der Waals surface area (Å²) in [7, 11) is 0. The zero-order valence-electron chi connectivity index (χ0n) is 15.3. The summed E-state index contributed by atoms with van der Waals surface area (Å²) in [5.41, 5.74) is 4.04. The van der Waals surface area contributed by atoms with E-state index in [0.29, 0.717) is 17.2 Å². The highest BCUT2D eigenvalue weighted by Crippen LogP contribution is 2.28. The summed E-state index contributed by atoms with van der Waals surface area (Å²) >= 11 is 0. The minimum atomic E-state index is -1.29. The number of hydrogen-bond donors (Lipinski definition) is 0. The lowest BCUT2D eigenvalue weighted by Crippen LogP contribution is -2.19. The molecule has 2 rings (SSSR count). The lowest BCUT2D eigenvalue weighted by atomic mass is 10.0. The minimum Gasteiger partial charge on any atom is -0.545 e. The molecule has 0 amide bonds. The van der Waals surface area contributed by atoms with Crippen LogP contribution < -0.4 is 5.11 Å². The van der Waals surface area contributed by atoms with E-state index >= 15 is 0 Å². The van der Waals surface area contributed by atoms with Crippen LogP contribution in [-0.4, -0.2) is 10.5 Å². The molecule has 0 saturated heterocycles. The predicted octanol–water partition coefficient (Wildman–Crippen LogP) is 4.48. The van der Waals surface area contributed by atoms with E-state index < -0.39 is 11.8 Å². The first-order valence-corrected chi connectivity index (χ1v) is 8.26. The van der Waals surface area contributed by atoms with Crippen molar-refractivity contribution in [3.05, 3.63) is 65.2 Å². The van der Waals surface area contributed by atoms with Crippen LogP contribution in [0.3, 0.4) is 0 Å². The molecule has 1 aromatic carbocycles. The maximum absolute atomic E-state index is 14.4. The molecule has 0 aliphatic carbocycles. The third-order valence-electron chi connectivity index (χ3n) is 4.18. The molecule has 0 atom stereocenters. The van der Waals surface area contributed by atoms with E-state index in [1.807, 2.05) is 18.2 Å². The SMILES string of the molecule is CC(/C=C/C(F)=C(/C)c1ccc2c(c1)cc(C)n2C(C)C)=C\C(=O)[O-]. The van der Waals surface area contributed by atoms with E-state index in [9.17, 15) is 14.3 Å². The molecule has 0 radical (unpaired) electrons. The second kappa shape index (κ2) is 7.51. The molecule has 1 aromatic heterocycles. The Morgan fingerprint density at radius 2 is 1.88 bits per heavy atom. The Kier molecular flexibility index (Phi) is 5.62. The number of hydrogen-bond acceptors (Lipinski definition) is 2. The summed E-state index contributed by atoms with van der Waals surface area (Å²) in [4.78, 5) is 10.5. The van der Waals surface area contributed by atoms with Crippen LogP contribution in [0.25, 0.3) is 16.5 Å². The Morgan fingerprint density at radius 3 is 2.48 bits per heavy atom. The summed E-state index contributed by atoms with van der Waals surface area (Å²) in [5, 5.41) is 11.6. The number of rotatable bonds is 5. The number of carbonyl (C=O) groups excluding carboxylic acids is 1. The van der Waals surface area contributed by atoms with Gasteiger partial charge in [-0.05, 0) is 81.7 Å². The highest BCUT2D eigenvalue weighted by Gasteiger charge is 2.10. The molecular formula is C21H23FNO2-. The van der Waals surface area contributed by atoms with Crippen LogP contribution in [0.15, 0.2) is 53.9 Å². The normalized spacial score (nSPS) is 13.8. The smallest absolute Gasteiger partial charge is 0.126 e. The van der Waals surface area contributed by atoms with Gasteiger partial charge in [0.15, 0.2) is 0 Å². The van der Waals surface area contributed by atoms with E-state index in [2.05, 4.69) is 31.4 Å². The van der Waals surface area contributed by atoms with Crippen molar-refractivity contribution in [3.8, 4) is 0 Å². The quantitative estimate of drug-likeness (QED) is 0.595. The molecule has 132 valence electrons. The van der Waals surface area contributed by atoms with E-state index in [0.717, 1.165) is 22.5 Å². The number of benzene rings is 1. The fourth-order valence-corrected chi connectivity index (χ4v) is 2.99. The van der Waals surface area contributed by atoms with Crippen molar-refractivity contribution in [3.63, 3.8) is 0 Å². The number of carboxylic acid groups (broad SMARTS) is 1. The van der Waals surface area contributed by atoms with Crippen molar-refractivity contribution in [2.24, 2.45) is 0 Å². The number of nitrogens with zero attached hydrogens (tertiary/aromatic N) is 1. The Morgan fingerprint density at radius 1 is 1.20 bits per heavy atom. The molecule has 0 unspecified atom stereocenters. The lowest BCUT2D eigenvalue weighted by Gasteiger charge is -2.12. The molecule has 0 bridgehead atoms. The minimum absolute atomic E-state index is 0.359. The van der Waals surface area contributed by atoms with Gasteiger partial charge in [0.2, 0.25) is 0 Å². The Hall–Kier alpha value is -2.62. The molecular weight excluding hydrogens is 317 g/mol. The zero-order valence-corrected chi connectivity index (χ0v) is 15.3. The van der Waals surface area contributed by atoms with Crippen LogP contribution in [0.1, 0.15) is 45.0 Å². The van der Waals surface area contributed by atoms with Crippen molar-refractivity contribution >= 4 is 22.4 Å². The van der Waals surface area contributed by atoms with E-state index in [1.165, 1.54) is 17.8 Å². The van der Waals surface area contributed by atoms with Gasteiger partial charge < -0.3 is 14.5 Å². The van der Waals surface area contributed by atoms with Crippen LogP contribution in [-0.2, 0) is 4.79 Å². The van der Waals surface area contributed by atoms with Gasteiger partial charge in [-0.3, -0.25) is 0 Å². The second-order valence-electron chi connectivity index (χ2n) is 6.54. The largest absolute Gasteiger partial charge is 0.545 e. The number of aryl methyl sites for hydroxylation is 1. The number of carboxylic acids is 1. The van der Waals surface area contributed by atoms with Crippen LogP contribution in [0.2, 0.25) is 0 Å². The number of carbonyl (C=O) groups is 1. The predicted molar refractivity (Wildman–Crippen MR) is 98.7 cm³/mol. The highest BCUT2D eigenvalue weighted by molar-refractivity contribution is 5.86. The second-order valence-corrected chi connectivity index (χ2v) is 6.54. The Labute approximate surface area is 147 Å². The third-order valence-corrected chi connectivity index (χ3v) is 4.18. The van der Waals surface area contributed by atoms with Gasteiger partial charge in [0.25, 0.3) is 0 Å². The summed E-state index contributed by atoms with van der Waals surface area (Å²) in [6, 6.07) is 8.37. The molecule has 0 aliphatic rings. The lowest BCUT2D eigenvalue weighted by molar-refractivity contribution is -0.297. The Balaban J connectivity index is 2.40. The van der Waals surface area contributed by atoms with E-state index in [4.69, 9.17) is 0 Å². The summed E-state index contributed by atoms with van der Waals surface area (Å²) in [5.74, 6) is -1.69. The van der Waals surface area contributed by atoms with E-state index in [1.54, 1.807) is 13.8 Å². The van der Waals surface area contributed by atoms with Gasteiger partial charge in [-0.15, -0.1) is 0 Å². The van der Waals surface area contributed by atoms with Gasteiger partial charge in [-0.2, -0.15) is 0 Å². The van der Waals surface area contributed by atoms with Crippen LogP contribution in [0.5, 0.6) is 0 Å². The van der Waals surface area contributed by atoms with Crippen molar-refractivity contribution in [1.29, 1.82) is 0 Å². The van der Waals surface area contributed by atoms with Crippen molar-refractivity contribution < 1.29 is 14.3 Å². The van der Waals surface area contributed by atoms with Crippen LogP contribution in [0.4, 0.5) is 4.39 Å². The zero-order chi connectivity index (χ0) is 18.7. The number of allylic oxidation sites excluding steroid dienone is 5. The maximum Gasteiger partial charge on any atom is 0.126 e. The number of halogens is 1. The molecule has 2 aromatic rings. The maximum atomic E-state index is 14.4. The third kappa shape index (κ3) is 4.27. The molecule has 0 saturated carbocycles. The number of aromatic nitrogens is 1.